The van der Waals surface area contributed by atoms with Crippen molar-refractivity contribution >= 4 is 22.4 Å². The van der Waals surface area contributed by atoms with Crippen LogP contribution in [0.5, 0.6) is 5.75 Å². The molecule has 118 valence electrons. The molecule has 0 saturated carbocycles. The molecule has 0 unspecified atom stereocenters. The van der Waals surface area contributed by atoms with Crippen molar-refractivity contribution in [1.82, 2.24) is 4.90 Å². The van der Waals surface area contributed by atoms with Gasteiger partial charge in [-0.2, -0.15) is 0 Å². The summed E-state index contributed by atoms with van der Waals surface area (Å²) < 4.78 is 32.1. The second-order valence-corrected chi connectivity index (χ2v) is 6.10. The molecule has 1 saturated heterocycles. The van der Waals surface area contributed by atoms with E-state index >= 15 is 0 Å². The molecule has 0 aromatic heterocycles. The lowest BCUT2D eigenvalue weighted by Gasteiger charge is -2.31. The van der Waals surface area contributed by atoms with Crippen LogP contribution in [-0.2, 0) is 0 Å². The number of rotatable bonds is 4. The van der Waals surface area contributed by atoms with Gasteiger partial charge >= 0.3 is 0 Å². The Kier molecular flexibility index (Phi) is 4.50. The topological polar surface area (TPSA) is 12.5 Å². The minimum Gasteiger partial charge on any atom is -0.492 e. The Morgan fingerprint density at radius 2 is 1.91 bits per heavy atom. The van der Waals surface area contributed by atoms with Gasteiger partial charge in [-0.05, 0) is 23.6 Å². The van der Waals surface area contributed by atoms with Crippen molar-refractivity contribution < 1.29 is 13.5 Å². The fraction of sp³-hybridized carbons (Fsp3) is 0.412. The molecule has 5 heteroatoms. The summed E-state index contributed by atoms with van der Waals surface area (Å²) >= 11 is 6.04. The number of likely N-dealkylation sites (tertiary alicyclic amines) is 1. The average Bonchev–Trinajstić information content (AvgIpc) is 2.49. The zero-order valence-corrected chi connectivity index (χ0v) is 13.0. The van der Waals surface area contributed by atoms with Gasteiger partial charge in [0.15, 0.2) is 0 Å². The van der Waals surface area contributed by atoms with Crippen molar-refractivity contribution in [1.29, 1.82) is 0 Å². The van der Waals surface area contributed by atoms with Gasteiger partial charge in [-0.25, -0.2) is 8.78 Å². The first kappa shape index (κ1) is 15.5. The number of ether oxygens (including phenoxy) is 1. The molecule has 0 radical (unpaired) electrons. The third-order valence-electron chi connectivity index (χ3n) is 4.06. The van der Waals surface area contributed by atoms with Gasteiger partial charge in [-0.1, -0.05) is 29.8 Å². The Labute approximate surface area is 133 Å². The highest BCUT2D eigenvalue weighted by atomic mass is 35.5. The molecule has 22 heavy (non-hydrogen) atoms. The molecule has 0 aliphatic carbocycles. The Hall–Kier alpha value is -1.39. The second kappa shape index (κ2) is 6.39. The lowest BCUT2D eigenvalue weighted by molar-refractivity contribution is -0.0564. The lowest BCUT2D eigenvalue weighted by atomic mass is 10.1. The standard InChI is InChI=1S/C17H18ClF2NO/c18-14-5-4-13-2-1-3-16(15(13)12-14)22-11-10-21-8-6-17(19,20)7-9-21/h1-5,12H,6-11H2. The third-order valence-corrected chi connectivity index (χ3v) is 4.29. The van der Waals surface area contributed by atoms with Crippen LogP contribution in [0.15, 0.2) is 36.4 Å². The van der Waals surface area contributed by atoms with Crippen LogP contribution >= 0.6 is 11.6 Å². The molecule has 2 aromatic carbocycles. The molecule has 0 N–H and O–H groups in total. The van der Waals surface area contributed by atoms with E-state index in [2.05, 4.69) is 0 Å². The van der Waals surface area contributed by atoms with Crippen LogP contribution in [0.4, 0.5) is 8.78 Å². The Balaban J connectivity index is 1.59. The maximum absolute atomic E-state index is 13.1. The molecule has 2 aromatic rings. The third kappa shape index (κ3) is 3.68. The normalized spacial score (nSPS) is 18.5. The predicted octanol–water partition coefficient (Wildman–Crippen LogP) is 4.60. The van der Waals surface area contributed by atoms with E-state index in [9.17, 15) is 8.78 Å². The van der Waals surface area contributed by atoms with Gasteiger partial charge in [-0.3, -0.25) is 4.90 Å². The van der Waals surface area contributed by atoms with E-state index in [1.165, 1.54) is 0 Å². The quantitative estimate of drug-likeness (QED) is 0.814. The molecule has 1 aliphatic rings. The number of hydrogen-bond acceptors (Lipinski definition) is 2. The van der Waals surface area contributed by atoms with Crippen molar-refractivity contribution in [3.8, 4) is 5.75 Å². The SMILES string of the molecule is FC1(F)CCN(CCOc2cccc3ccc(Cl)cc23)CC1. The summed E-state index contributed by atoms with van der Waals surface area (Å²) in [6, 6.07) is 11.5. The zero-order chi connectivity index (χ0) is 15.6. The fourth-order valence-corrected chi connectivity index (χ4v) is 2.90. The Morgan fingerprint density at radius 3 is 2.68 bits per heavy atom. The van der Waals surface area contributed by atoms with Crippen LogP contribution in [0.3, 0.4) is 0 Å². The van der Waals surface area contributed by atoms with Gasteiger partial charge in [-0.15, -0.1) is 0 Å². The minimum atomic E-state index is -2.50. The lowest BCUT2D eigenvalue weighted by Crippen LogP contribution is -2.41. The summed E-state index contributed by atoms with van der Waals surface area (Å²) in [5.41, 5.74) is 0. The average molecular weight is 326 g/mol. The molecule has 1 fully saturated rings. The largest absolute Gasteiger partial charge is 0.492 e. The van der Waals surface area contributed by atoms with Gasteiger partial charge < -0.3 is 4.74 Å². The van der Waals surface area contributed by atoms with Gasteiger partial charge in [0.1, 0.15) is 12.4 Å². The fourth-order valence-electron chi connectivity index (χ4n) is 2.73. The summed E-state index contributed by atoms with van der Waals surface area (Å²) in [5.74, 6) is -1.72. The molecule has 0 amide bonds. The van der Waals surface area contributed by atoms with Crippen molar-refractivity contribution in [2.45, 2.75) is 18.8 Å². The van der Waals surface area contributed by atoms with Crippen LogP contribution in [0.25, 0.3) is 10.8 Å². The van der Waals surface area contributed by atoms with Gasteiger partial charge in [0, 0.05) is 42.9 Å². The molecular weight excluding hydrogens is 308 g/mol. The molecule has 1 aliphatic heterocycles. The van der Waals surface area contributed by atoms with Crippen molar-refractivity contribution in [2.75, 3.05) is 26.2 Å². The second-order valence-electron chi connectivity index (χ2n) is 5.67. The number of alkyl halides is 2. The Bertz CT molecular complexity index is 652. The van der Waals surface area contributed by atoms with E-state index in [1.54, 1.807) is 0 Å². The van der Waals surface area contributed by atoms with E-state index < -0.39 is 5.92 Å². The minimum absolute atomic E-state index is 0.0587. The maximum Gasteiger partial charge on any atom is 0.250 e. The number of hydrogen-bond donors (Lipinski definition) is 0. The zero-order valence-electron chi connectivity index (χ0n) is 12.2. The number of piperidine rings is 1. The molecule has 2 nitrogen and oxygen atoms in total. The number of nitrogens with zero attached hydrogens (tertiary/aromatic N) is 1. The summed E-state index contributed by atoms with van der Waals surface area (Å²) in [5, 5.41) is 2.71. The smallest absolute Gasteiger partial charge is 0.250 e. The number of halogens is 3. The maximum atomic E-state index is 13.1. The summed E-state index contributed by atoms with van der Waals surface area (Å²) in [6.07, 6.45) is -0.117. The van der Waals surface area contributed by atoms with Crippen LogP contribution < -0.4 is 4.74 Å². The summed E-state index contributed by atoms with van der Waals surface area (Å²) in [4.78, 5) is 2.02. The van der Waals surface area contributed by atoms with E-state index in [0.717, 1.165) is 16.5 Å². The first-order valence-corrected chi connectivity index (χ1v) is 7.83. The highest BCUT2D eigenvalue weighted by Gasteiger charge is 2.33. The number of benzene rings is 2. The van der Waals surface area contributed by atoms with E-state index in [1.807, 2.05) is 41.3 Å². The van der Waals surface area contributed by atoms with Crippen LogP contribution in [-0.4, -0.2) is 37.1 Å². The van der Waals surface area contributed by atoms with E-state index in [-0.39, 0.29) is 12.8 Å². The molecule has 0 bridgehead atoms. The van der Waals surface area contributed by atoms with Gasteiger partial charge in [0.05, 0.1) is 0 Å². The monoisotopic (exact) mass is 325 g/mol. The highest BCUT2D eigenvalue weighted by Crippen LogP contribution is 2.29. The molecule has 0 spiro atoms. The van der Waals surface area contributed by atoms with Gasteiger partial charge in [0.2, 0.25) is 0 Å². The first-order chi connectivity index (χ1) is 10.5. The van der Waals surface area contributed by atoms with E-state index in [4.69, 9.17) is 16.3 Å². The highest BCUT2D eigenvalue weighted by molar-refractivity contribution is 6.31. The van der Waals surface area contributed by atoms with Crippen molar-refractivity contribution in [3.63, 3.8) is 0 Å². The van der Waals surface area contributed by atoms with E-state index in [0.29, 0.717) is 31.3 Å². The van der Waals surface area contributed by atoms with Crippen molar-refractivity contribution in [2.24, 2.45) is 0 Å². The molecule has 3 rings (SSSR count). The summed E-state index contributed by atoms with van der Waals surface area (Å²) in [6.45, 7) is 2.00. The molecule has 1 heterocycles. The number of fused-ring (bicyclic) bond motifs is 1. The van der Waals surface area contributed by atoms with Crippen LogP contribution in [0, 0.1) is 0 Å². The van der Waals surface area contributed by atoms with Gasteiger partial charge in [0.25, 0.3) is 5.92 Å². The summed E-state index contributed by atoms with van der Waals surface area (Å²) in [7, 11) is 0. The molecule has 0 atom stereocenters. The predicted molar refractivity (Wildman–Crippen MR) is 85.1 cm³/mol. The van der Waals surface area contributed by atoms with Crippen molar-refractivity contribution in [3.05, 3.63) is 41.4 Å². The Morgan fingerprint density at radius 1 is 1.14 bits per heavy atom. The molecular formula is C17H18ClF2NO. The first-order valence-electron chi connectivity index (χ1n) is 7.45. The van der Waals surface area contributed by atoms with Crippen LogP contribution in [0.2, 0.25) is 5.02 Å². The van der Waals surface area contributed by atoms with Crippen LogP contribution in [0.1, 0.15) is 12.8 Å².